The first-order valence-electron chi connectivity index (χ1n) is 7.10. The number of fused-ring (bicyclic) bond motifs is 1. The average molecular weight is 330 g/mol. The number of aromatic amines is 1. The standard InChI is InChI=1S/C14H17F3N4O2/c1-3-11(22)20(4-2)8-12(23)21-6-5-10-9(7-21)13(19-18-10)14(15,16)17/h3H,1,4-8H2,2H3,(H,18,19). The van der Waals surface area contributed by atoms with Crippen molar-refractivity contribution in [3.63, 3.8) is 0 Å². The highest BCUT2D eigenvalue weighted by molar-refractivity contribution is 5.90. The van der Waals surface area contributed by atoms with Crippen molar-refractivity contribution >= 4 is 11.8 Å². The summed E-state index contributed by atoms with van der Waals surface area (Å²) in [6, 6.07) is 0. The lowest BCUT2D eigenvalue weighted by Gasteiger charge is -2.29. The molecule has 0 radical (unpaired) electrons. The first kappa shape index (κ1) is 17.0. The molecule has 9 heteroatoms. The normalized spacial score (nSPS) is 14.3. The number of carbonyl (C=O) groups excluding carboxylic acids is 2. The fourth-order valence-corrected chi connectivity index (χ4v) is 2.48. The molecule has 2 rings (SSSR count). The minimum atomic E-state index is -4.57. The lowest BCUT2D eigenvalue weighted by molar-refractivity contribution is -0.143. The molecule has 0 aliphatic carbocycles. The summed E-state index contributed by atoms with van der Waals surface area (Å²) in [5.74, 6) is -0.792. The smallest absolute Gasteiger partial charge is 0.336 e. The number of halogens is 3. The molecule has 0 saturated heterocycles. The zero-order chi connectivity index (χ0) is 17.2. The molecule has 0 aromatic carbocycles. The van der Waals surface area contributed by atoms with E-state index in [1.807, 2.05) is 0 Å². The van der Waals surface area contributed by atoms with E-state index in [1.54, 1.807) is 6.92 Å². The molecule has 1 aromatic heterocycles. The third kappa shape index (κ3) is 3.54. The molecule has 2 amide bonds. The second kappa shape index (κ2) is 6.43. The van der Waals surface area contributed by atoms with Crippen LogP contribution in [0.2, 0.25) is 0 Å². The van der Waals surface area contributed by atoms with Crippen LogP contribution < -0.4 is 0 Å². The topological polar surface area (TPSA) is 69.3 Å². The van der Waals surface area contributed by atoms with Crippen molar-refractivity contribution in [2.45, 2.75) is 26.1 Å². The van der Waals surface area contributed by atoms with Gasteiger partial charge in [-0.15, -0.1) is 0 Å². The van der Waals surface area contributed by atoms with Crippen molar-refractivity contribution in [3.8, 4) is 0 Å². The number of likely N-dealkylation sites (N-methyl/N-ethyl adjacent to an activating group) is 1. The van der Waals surface area contributed by atoms with Crippen LogP contribution in [0, 0.1) is 0 Å². The maximum absolute atomic E-state index is 12.9. The van der Waals surface area contributed by atoms with Crippen LogP contribution in [0.3, 0.4) is 0 Å². The van der Waals surface area contributed by atoms with E-state index in [4.69, 9.17) is 0 Å². The molecule has 1 aromatic rings. The molecule has 1 N–H and O–H groups in total. The molecule has 0 saturated carbocycles. The summed E-state index contributed by atoms with van der Waals surface area (Å²) in [6.45, 7) is 5.31. The Kier molecular flexibility index (Phi) is 4.76. The SMILES string of the molecule is C=CC(=O)N(CC)CC(=O)N1CCc2[nH]nc(C(F)(F)F)c2C1. The van der Waals surface area contributed by atoms with E-state index in [0.29, 0.717) is 12.2 Å². The second-order valence-electron chi connectivity index (χ2n) is 5.15. The molecule has 0 spiro atoms. The van der Waals surface area contributed by atoms with Gasteiger partial charge in [-0.25, -0.2) is 0 Å². The molecule has 126 valence electrons. The van der Waals surface area contributed by atoms with E-state index >= 15 is 0 Å². The number of carbonyl (C=O) groups is 2. The predicted molar refractivity (Wildman–Crippen MR) is 75.2 cm³/mol. The fourth-order valence-electron chi connectivity index (χ4n) is 2.48. The Morgan fingerprint density at radius 2 is 2.17 bits per heavy atom. The van der Waals surface area contributed by atoms with E-state index in [0.717, 1.165) is 6.08 Å². The van der Waals surface area contributed by atoms with Gasteiger partial charge in [0.05, 0.1) is 0 Å². The molecule has 1 aliphatic rings. The largest absolute Gasteiger partial charge is 0.435 e. The number of H-pyrrole nitrogens is 1. The van der Waals surface area contributed by atoms with Gasteiger partial charge in [-0.05, 0) is 13.0 Å². The number of alkyl halides is 3. The summed E-state index contributed by atoms with van der Waals surface area (Å²) < 4.78 is 38.7. The maximum Gasteiger partial charge on any atom is 0.435 e. The van der Waals surface area contributed by atoms with Crippen LogP contribution in [0.1, 0.15) is 23.9 Å². The van der Waals surface area contributed by atoms with Gasteiger partial charge in [0, 0.05) is 37.3 Å². The van der Waals surface area contributed by atoms with Gasteiger partial charge in [0.1, 0.15) is 6.54 Å². The quantitative estimate of drug-likeness (QED) is 0.847. The maximum atomic E-state index is 12.9. The monoisotopic (exact) mass is 330 g/mol. The Balaban J connectivity index is 2.12. The summed E-state index contributed by atoms with van der Waals surface area (Å²) in [7, 11) is 0. The summed E-state index contributed by atoms with van der Waals surface area (Å²) in [5, 5.41) is 5.70. The molecule has 1 aliphatic heterocycles. The number of amides is 2. The van der Waals surface area contributed by atoms with Gasteiger partial charge in [0.2, 0.25) is 11.8 Å². The molecule has 0 unspecified atom stereocenters. The van der Waals surface area contributed by atoms with Gasteiger partial charge < -0.3 is 9.80 Å². The Hall–Kier alpha value is -2.32. The summed E-state index contributed by atoms with van der Waals surface area (Å²) in [5.41, 5.74) is -0.592. The van der Waals surface area contributed by atoms with Crippen molar-refractivity contribution in [1.82, 2.24) is 20.0 Å². The highest BCUT2D eigenvalue weighted by Gasteiger charge is 2.39. The molecular formula is C14H17F3N4O2. The zero-order valence-corrected chi connectivity index (χ0v) is 12.6. The Bertz CT molecular complexity index is 624. The van der Waals surface area contributed by atoms with Crippen LogP contribution in [0.25, 0.3) is 0 Å². The molecule has 0 fully saturated rings. The van der Waals surface area contributed by atoms with Crippen LogP contribution >= 0.6 is 0 Å². The Labute approximate surface area is 130 Å². The van der Waals surface area contributed by atoms with Crippen molar-refractivity contribution in [2.24, 2.45) is 0 Å². The molecule has 6 nitrogen and oxygen atoms in total. The van der Waals surface area contributed by atoms with E-state index < -0.39 is 23.7 Å². The van der Waals surface area contributed by atoms with Gasteiger partial charge in [0.25, 0.3) is 0 Å². The minimum Gasteiger partial charge on any atom is -0.336 e. The highest BCUT2D eigenvalue weighted by Crippen LogP contribution is 2.33. The van der Waals surface area contributed by atoms with Crippen molar-refractivity contribution in [2.75, 3.05) is 19.6 Å². The number of nitrogens with zero attached hydrogens (tertiary/aromatic N) is 3. The van der Waals surface area contributed by atoms with Crippen LogP contribution in [-0.4, -0.2) is 51.4 Å². The van der Waals surface area contributed by atoms with E-state index in [1.165, 1.54) is 9.80 Å². The molecular weight excluding hydrogens is 313 g/mol. The molecule has 2 heterocycles. The summed E-state index contributed by atoms with van der Waals surface area (Å²) in [4.78, 5) is 26.4. The lowest BCUT2D eigenvalue weighted by atomic mass is 10.0. The predicted octanol–water partition coefficient (Wildman–Crippen LogP) is 1.35. The second-order valence-corrected chi connectivity index (χ2v) is 5.15. The van der Waals surface area contributed by atoms with Gasteiger partial charge in [-0.1, -0.05) is 6.58 Å². The third-order valence-corrected chi connectivity index (χ3v) is 3.75. The zero-order valence-electron chi connectivity index (χ0n) is 12.6. The van der Waals surface area contributed by atoms with Gasteiger partial charge >= 0.3 is 6.18 Å². The number of aromatic nitrogens is 2. The fraction of sp³-hybridized carbons (Fsp3) is 0.500. The van der Waals surface area contributed by atoms with Gasteiger partial charge in [0.15, 0.2) is 5.69 Å². The van der Waals surface area contributed by atoms with Crippen LogP contribution in [-0.2, 0) is 28.7 Å². The first-order chi connectivity index (χ1) is 10.8. The van der Waals surface area contributed by atoms with Gasteiger partial charge in [-0.3, -0.25) is 14.7 Å². The van der Waals surface area contributed by atoms with Gasteiger partial charge in [-0.2, -0.15) is 18.3 Å². The number of rotatable bonds is 4. The van der Waals surface area contributed by atoms with Crippen molar-refractivity contribution in [1.29, 1.82) is 0 Å². The number of nitrogens with one attached hydrogen (secondary N) is 1. The van der Waals surface area contributed by atoms with Crippen LogP contribution in [0.4, 0.5) is 13.2 Å². The third-order valence-electron chi connectivity index (χ3n) is 3.75. The van der Waals surface area contributed by atoms with Crippen LogP contribution in [0.15, 0.2) is 12.7 Å². The lowest BCUT2D eigenvalue weighted by Crippen LogP contribution is -2.44. The molecule has 23 heavy (non-hydrogen) atoms. The Morgan fingerprint density at radius 1 is 1.48 bits per heavy atom. The number of hydrogen-bond donors (Lipinski definition) is 1. The average Bonchev–Trinajstić information content (AvgIpc) is 2.94. The molecule has 0 bridgehead atoms. The number of hydrogen-bond acceptors (Lipinski definition) is 3. The first-order valence-corrected chi connectivity index (χ1v) is 7.10. The molecule has 0 atom stereocenters. The van der Waals surface area contributed by atoms with E-state index in [-0.39, 0.29) is 31.6 Å². The minimum absolute atomic E-state index is 0.00445. The Morgan fingerprint density at radius 3 is 2.74 bits per heavy atom. The van der Waals surface area contributed by atoms with E-state index in [9.17, 15) is 22.8 Å². The van der Waals surface area contributed by atoms with E-state index in [2.05, 4.69) is 16.8 Å². The summed E-state index contributed by atoms with van der Waals surface area (Å²) in [6.07, 6.45) is -3.20. The van der Waals surface area contributed by atoms with Crippen LogP contribution in [0.5, 0.6) is 0 Å². The van der Waals surface area contributed by atoms with Crippen molar-refractivity contribution in [3.05, 3.63) is 29.6 Å². The summed E-state index contributed by atoms with van der Waals surface area (Å²) >= 11 is 0. The highest BCUT2D eigenvalue weighted by atomic mass is 19.4. The van der Waals surface area contributed by atoms with Crippen molar-refractivity contribution < 1.29 is 22.8 Å².